The van der Waals surface area contributed by atoms with E-state index in [-0.39, 0.29) is 76.2 Å². The summed E-state index contributed by atoms with van der Waals surface area (Å²) in [6, 6.07) is 40.0. The third-order valence-electron chi connectivity index (χ3n) is 22.2. The second-order valence-electron chi connectivity index (χ2n) is 28.5. The smallest absolute Gasteiger partial charge is 0.497 e. The first-order valence-electron chi connectivity index (χ1n) is 37.7. The summed E-state index contributed by atoms with van der Waals surface area (Å²) in [5, 5.41) is 50.5. The number of aliphatic hydroxyl groups excluding tert-OH is 2. The number of hydrogen-bond acceptors (Lipinski definition) is 22. The van der Waals surface area contributed by atoms with Crippen molar-refractivity contribution in [3.63, 3.8) is 0 Å². The van der Waals surface area contributed by atoms with E-state index in [1.807, 2.05) is 50.5 Å². The van der Waals surface area contributed by atoms with Crippen molar-refractivity contribution < 1.29 is 188 Å². The van der Waals surface area contributed by atoms with E-state index in [2.05, 4.69) is 100 Å². The van der Waals surface area contributed by atoms with E-state index in [1.54, 1.807) is 93.1 Å². The van der Waals surface area contributed by atoms with Gasteiger partial charge in [-0.05, 0) is 202 Å². The second kappa shape index (κ2) is 70.3. The van der Waals surface area contributed by atoms with Gasteiger partial charge < -0.3 is 79.2 Å². The normalized spacial score (nSPS) is 22.4. The van der Waals surface area contributed by atoms with E-state index in [0.717, 1.165) is 96.1 Å². The number of rotatable bonds is 15. The molecule has 2 saturated heterocycles. The molecule has 0 unspecified atom stereocenters. The van der Waals surface area contributed by atoms with Crippen molar-refractivity contribution in [1.29, 1.82) is 0 Å². The number of anilines is 2. The van der Waals surface area contributed by atoms with Gasteiger partial charge >= 0.3 is 37.0 Å². The summed E-state index contributed by atoms with van der Waals surface area (Å²) in [6.07, 6.45) is 7.81. The standard InChI is InChI=1S/C32H38ClN3O6.C22H31N3O3.2C8H6Cl2O2.C7H7ClO.C3Cl6O3.B.11F2.FH/c1-5-30-12-7-14-36-15-13-31(26(30)36)24-11-10-23(40-4)17-25(24)35(3)27(31)32(39,28(30)42-20(2)37)19-34-29(38)41-18-21-8-6-9-22(33)16-21;1-4-20-8-5-10-25-11-9-21(17(20)25)15-7-6-14(28-3)12-16(15)24(2)18(21)22(27,13-23)19(20)26;2*9-7-3-1-2-6(4-7)5-12-8(10)11;8-7-3-1-2-6(4-7)5-9;4-2(5,6)11-1(10)12-3(7,8)9;;11*1-2;/h6-12,16-17,26-28,39H,5,13-15,18-19H2,1-4H3,(H,34,38);5-8,12,17-19,26-27H,4,9-11,13,23H2,1-3H3;2*1-4H,5H2;1-4,9H,5H2;;;;;;;;;;;;;;1H/t26-,27+,28+,30+,31+,32-;17-,18+,19+,20+,21+,22-;;;;;;;;;;;;;;;;;/m00................./s1. The van der Waals surface area contributed by atoms with Gasteiger partial charge in [-0.1, -0.05) is 145 Å². The number of likely N-dealkylation sites (N-methyl/N-ethyl adjacent to an activating group) is 2. The molecule has 8 aliphatic rings. The van der Waals surface area contributed by atoms with Crippen LogP contribution in [0.1, 0.15) is 79.8 Å². The number of esters is 1. The van der Waals surface area contributed by atoms with Gasteiger partial charge in [0.05, 0.1) is 45.6 Å². The highest BCUT2D eigenvalue weighted by Gasteiger charge is 2.79. The third-order valence-corrected chi connectivity index (χ3v) is 23.9. The number of amides is 1. The van der Waals surface area contributed by atoms with Crippen molar-refractivity contribution in [1.82, 2.24) is 15.1 Å². The number of hydrogen-bond donors (Lipinski definition) is 6. The van der Waals surface area contributed by atoms with Gasteiger partial charge in [-0.25, -0.2) is 19.2 Å². The quantitative estimate of drug-likeness (QED) is 0.0106. The molecule has 23 nitrogen and oxygen atoms in total. The number of carbonyl (C=O) groups is 5. The van der Waals surface area contributed by atoms with Crippen LogP contribution in [-0.2, 0) is 70.5 Å². The van der Waals surface area contributed by atoms with E-state index in [1.165, 1.54) is 12.5 Å². The van der Waals surface area contributed by atoms with E-state index in [9.17, 15) is 39.3 Å². The Bertz CT molecular complexity index is 4530. The molecule has 2 spiro atoms. The number of carbonyl (C=O) groups excluding carboxylic acids is 5. The van der Waals surface area contributed by atoms with E-state index >= 15 is 0 Å². The minimum absolute atomic E-state index is 0. The summed E-state index contributed by atoms with van der Waals surface area (Å²) >= 11 is 63.2. The van der Waals surface area contributed by atoms with Crippen molar-refractivity contribution in [2.45, 2.75) is 139 Å². The number of benzene rings is 6. The van der Waals surface area contributed by atoms with Crippen molar-refractivity contribution in [2.24, 2.45) is 16.6 Å². The van der Waals surface area contributed by atoms with E-state index < -0.39 is 82.7 Å². The maximum Gasteiger partial charge on any atom is 0.515 e. The highest BCUT2D eigenvalue weighted by Crippen LogP contribution is 2.69. The average Bonchev–Trinajstić information content (AvgIpc) is 1.50. The van der Waals surface area contributed by atoms with Crippen LogP contribution in [0.2, 0.25) is 20.1 Å². The Hall–Kier alpha value is -7.40. The van der Waals surface area contributed by atoms with Crippen molar-refractivity contribution in [3.8, 4) is 11.5 Å². The van der Waals surface area contributed by atoms with Gasteiger partial charge in [-0.2, -0.15) is 0 Å². The molecule has 6 aromatic rings. The van der Waals surface area contributed by atoms with Crippen LogP contribution in [0.15, 0.2) is 158 Å². The fourth-order valence-corrected chi connectivity index (χ4v) is 19.7. The Labute approximate surface area is 841 Å². The predicted octanol–water partition coefficient (Wildman–Crippen LogP) is 26.0. The number of fused-ring (bicyclic) bond motifs is 2. The fourth-order valence-electron chi connectivity index (χ4n) is 18.4. The van der Waals surface area contributed by atoms with Gasteiger partial charge in [0.25, 0.3) is 0 Å². The first kappa shape index (κ1) is 140. The molecule has 6 aliphatic heterocycles. The molecule has 2 saturated carbocycles. The summed E-state index contributed by atoms with van der Waals surface area (Å²) in [6.45, 7) is 9.29. The molecule has 7 N–H and O–H groups in total. The molecule has 139 heavy (non-hydrogen) atoms. The lowest BCUT2D eigenvalue weighted by molar-refractivity contribution is -0.217. The first-order chi connectivity index (χ1) is 65.3. The molecule has 59 heteroatoms. The van der Waals surface area contributed by atoms with Crippen LogP contribution in [-0.4, -0.2) is 191 Å². The summed E-state index contributed by atoms with van der Waals surface area (Å²) in [5.74, 6) is 1.04. The monoisotopic (exact) mass is 2270 g/mol. The van der Waals surface area contributed by atoms with E-state index in [4.69, 9.17) is 270 Å². The highest BCUT2D eigenvalue weighted by molar-refractivity contribution is 6.67. The molecule has 6 heterocycles. The zero-order valence-electron chi connectivity index (χ0n) is 72.7. The lowest BCUT2D eigenvalue weighted by Gasteiger charge is -2.64. The number of methoxy groups -OCH3 is 2. The molecular weight excluding hydrogens is 2190 g/mol. The van der Waals surface area contributed by atoms with Crippen LogP contribution >= 0.6 is 139 Å². The molecule has 3 radical (unpaired) electrons. The highest BCUT2D eigenvalue weighted by atomic mass is 35.6. The van der Waals surface area contributed by atoms with Crippen LogP contribution in [0.3, 0.4) is 0 Å². The third kappa shape index (κ3) is 36.7. The van der Waals surface area contributed by atoms with Crippen LogP contribution in [0.4, 0.5) is 136 Å². The van der Waals surface area contributed by atoms with E-state index in [0.29, 0.717) is 26.5 Å². The molecule has 0 bridgehead atoms. The number of alkyl halides is 6. The number of ether oxygens (including phenoxy) is 8. The molecule has 6 aromatic carbocycles. The lowest BCUT2D eigenvalue weighted by atomic mass is 9.47. The van der Waals surface area contributed by atoms with Crippen LogP contribution in [0.5, 0.6) is 11.5 Å². The SMILES string of the molecule is CC[C@]12C=CCN3CC[C@@]4(c5ccc(OC)cc5N(C)[C@H]4[C@@](O)(CN)[C@@H]1O)[C@@H]32.CC[C@]12C=CCN3CC[C@@]4(c5ccc(OC)cc5N(C)[C@H]4[C@@](O)(CNC(=O)OCc4cccc(Cl)c4)[C@@H]1OC(C)=O)[C@@H]32.F.FF.FF.FF.FF.FF.FF.FF.FF.FF.FF.FF.O=C(Cl)OCc1cccc(Cl)c1.O=C(Cl)OCc1cccc(Cl)c1.O=C(OC(Cl)(Cl)Cl)OC(Cl)(Cl)Cl.OCc1cccc(Cl)c1.[B]. The second-order valence-corrected chi connectivity index (χ2v) is 35.2. The largest absolute Gasteiger partial charge is 0.515 e. The molecule has 14 rings (SSSR count). The number of nitrogens with two attached hydrogens (primary N) is 1. The number of nitrogens with zero attached hydrogens (tertiary/aromatic N) is 4. The minimum Gasteiger partial charge on any atom is -0.497 e. The average molecular weight is 2280 g/mol. The van der Waals surface area contributed by atoms with Gasteiger partial charge in [0, 0.05) is 250 Å². The molecule has 4 fully saturated rings. The zero-order valence-corrected chi connectivity index (χ0v) is 81.7. The van der Waals surface area contributed by atoms with Crippen LogP contribution in [0.25, 0.3) is 0 Å². The fraction of sp³-hybridized carbons (Fsp3) is 0.438. The summed E-state index contributed by atoms with van der Waals surface area (Å²) in [7, 11) is 7.29. The van der Waals surface area contributed by atoms with Gasteiger partial charge in [-0.15, -0.1) is 0 Å². The molecule has 2 aliphatic carbocycles. The van der Waals surface area contributed by atoms with Crippen molar-refractivity contribution in [2.75, 3.05) is 77.4 Å². The summed E-state index contributed by atoms with van der Waals surface area (Å²) in [5.41, 5.74) is 7.19. The van der Waals surface area contributed by atoms with Gasteiger partial charge in [0.2, 0.25) is 0 Å². The Kier molecular flexibility index (Phi) is 70.9. The molecule has 12 atom stereocenters. The van der Waals surface area contributed by atoms with Crippen molar-refractivity contribution >= 4 is 188 Å². The van der Waals surface area contributed by atoms with Crippen LogP contribution in [0, 0.1) is 10.8 Å². The maximum absolute atomic E-state index is 13.0. The summed E-state index contributed by atoms with van der Waals surface area (Å²) < 4.78 is 211. The Morgan fingerprint density at radius 1 is 0.489 bits per heavy atom. The van der Waals surface area contributed by atoms with Crippen molar-refractivity contribution in [3.05, 3.63) is 211 Å². The number of aliphatic hydroxyl groups is 4. The van der Waals surface area contributed by atoms with Gasteiger partial charge in [-0.3, -0.25) is 19.3 Å². The first-order valence-corrected chi connectivity index (χ1v) is 42.3. The molecule has 1 amide bonds. The molecular formula is C80H89BCl12F23N6O17. The number of halogens is 35. The maximum atomic E-state index is 13.0. The Morgan fingerprint density at radius 3 is 1.12 bits per heavy atom. The lowest BCUT2D eigenvalue weighted by Crippen LogP contribution is -2.81. The van der Waals surface area contributed by atoms with Crippen LogP contribution < -0.4 is 30.3 Å². The Balaban J connectivity index is -0.000000535. The van der Waals surface area contributed by atoms with Gasteiger partial charge in [0.1, 0.15) is 48.6 Å². The molecule has 0 aromatic heterocycles. The minimum atomic E-state index is -2.24. The number of alkyl carbamates (subject to hydrolysis) is 1. The predicted molar refractivity (Wildman–Crippen MR) is 481 cm³/mol. The topological polar surface area (TPSA) is 291 Å². The zero-order chi connectivity index (χ0) is 106. The number of nitrogens with one attached hydrogen (secondary N) is 1. The summed E-state index contributed by atoms with van der Waals surface area (Å²) in [4.78, 5) is 65.9. The van der Waals surface area contributed by atoms with Gasteiger partial charge in [0.15, 0.2) is 0 Å². The molecule has 789 valence electrons. The Morgan fingerprint density at radius 2 is 0.813 bits per heavy atom.